The molecule has 1 aliphatic rings. The molecule has 0 saturated heterocycles. The molecular weight excluding hydrogens is 190 g/mol. The average molecular weight is 207 g/mol. The first-order chi connectivity index (χ1) is 7.14. The molecule has 0 amide bonds. The van der Waals surface area contributed by atoms with E-state index in [1.54, 1.807) is 6.20 Å². The van der Waals surface area contributed by atoms with Crippen molar-refractivity contribution in [3.8, 4) is 0 Å². The molecule has 2 rings (SSSR count). The highest BCUT2D eigenvalue weighted by molar-refractivity contribution is 5.90. The van der Waals surface area contributed by atoms with Crippen LogP contribution in [0.25, 0.3) is 0 Å². The molecule has 0 bridgehead atoms. The predicted octanol–water partition coefficient (Wildman–Crippen LogP) is 0.896. The van der Waals surface area contributed by atoms with E-state index in [1.807, 2.05) is 17.8 Å². The molecule has 4 heteroatoms. The molecule has 0 aromatic carbocycles. The summed E-state index contributed by atoms with van der Waals surface area (Å²) in [7, 11) is 0. The largest absolute Gasteiger partial charge is 0.319 e. The zero-order chi connectivity index (χ0) is 10.9. The van der Waals surface area contributed by atoms with Gasteiger partial charge in [-0.15, -0.1) is 0 Å². The number of carbonyl (C=O) groups is 1. The van der Waals surface area contributed by atoms with E-state index < -0.39 is 5.54 Å². The number of hydrogen-bond acceptors (Lipinski definition) is 3. The fourth-order valence-corrected chi connectivity index (χ4v) is 1.87. The van der Waals surface area contributed by atoms with E-state index in [0.29, 0.717) is 6.42 Å². The van der Waals surface area contributed by atoms with Gasteiger partial charge in [0.1, 0.15) is 0 Å². The molecule has 1 aromatic heterocycles. The molecule has 82 valence electrons. The normalized spacial score (nSPS) is 18.5. The molecular formula is C11H17N3O. The van der Waals surface area contributed by atoms with E-state index in [1.165, 1.54) is 0 Å². The monoisotopic (exact) mass is 207 g/mol. The van der Waals surface area contributed by atoms with Crippen LogP contribution in [0.4, 0.5) is 0 Å². The van der Waals surface area contributed by atoms with E-state index in [0.717, 1.165) is 31.4 Å². The van der Waals surface area contributed by atoms with Crippen molar-refractivity contribution >= 4 is 5.78 Å². The number of aryl methyl sites for hydroxylation is 1. The SMILES string of the molecule is CCn1cc(CC(=O)C2(N)CCC2)cn1. The maximum atomic E-state index is 11.9. The van der Waals surface area contributed by atoms with Crippen LogP contribution in [-0.2, 0) is 17.8 Å². The molecule has 0 atom stereocenters. The van der Waals surface area contributed by atoms with Crippen LogP contribution in [0, 0.1) is 0 Å². The summed E-state index contributed by atoms with van der Waals surface area (Å²) < 4.78 is 1.83. The molecule has 0 radical (unpaired) electrons. The fraction of sp³-hybridized carbons (Fsp3) is 0.636. The van der Waals surface area contributed by atoms with Crippen molar-refractivity contribution < 1.29 is 4.79 Å². The lowest BCUT2D eigenvalue weighted by Crippen LogP contribution is -2.54. The number of nitrogens with two attached hydrogens (primary N) is 1. The summed E-state index contributed by atoms with van der Waals surface area (Å²) in [5.41, 5.74) is 6.39. The lowest BCUT2D eigenvalue weighted by molar-refractivity contribution is -0.126. The number of aromatic nitrogens is 2. The van der Waals surface area contributed by atoms with E-state index in [-0.39, 0.29) is 5.78 Å². The van der Waals surface area contributed by atoms with Crippen LogP contribution >= 0.6 is 0 Å². The Labute approximate surface area is 89.5 Å². The minimum Gasteiger partial charge on any atom is -0.319 e. The molecule has 0 spiro atoms. The van der Waals surface area contributed by atoms with Crippen molar-refractivity contribution in [1.29, 1.82) is 0 Å². The van der Waals surface area contributed by atoms with Gasteiger partial charge in [-0.1, -0.05) is 0 Å². The van der Waals surface area contributed by atoms with Crippen LogP contribution in [0.3, 0.4) is 0 Å². The maximum absolute atomic E-state index is 11.9. The third-order valence-corrected chi connectivity index (χ3v) is 3.18. The highest BCUT2D eigenvalue weighted by Gasteiger charge is 2.39. The van der Waals surface area contributed by atoms with Crippen LogP contribution in [0.5, 0.6) is 0 Å². The smallest absolute Gasteiger partial charge is 0.157 e. The highest BCUT2D eigenvalue weighted by Crippen LogP contribution is 2.30. The first-order valence-corrected chi connectivity index (χ1v) is 5.47. The Balaban J connectivity index is 1.99. The Morgan fingerprint density at radius 3 is 2.87 bits per heavy atom. The first-order valence-electron chi connectivity index (χ1n) is 5.47. The Kier molecular flexibility index (Phi) is 2.61. The standard InChI is InChI=1S/C11H17N3O/c1-2-14-8-9(7-13-14)6-10(15)11(12)4-3-5-11/h7-8H,2-6,12H2,1H3. The Morgan fingerprint density at radius 2 is 2.40 bits per heavy atom. The molecule has 1 aliphatic carbocycles. The summed E-state index contributed by atoms with van der Waals surface area (Å²) in [6, 6.07) is 0. The van der Waals surface area contributed by atoms with Crippen LogP contribution in [0.2, 0.25) is 0 Å². The average Bonchev–Trinajstić information content (AvgIpc) is 2.61. The number of hydrogen-bond donors (Lipinski definition) is 1. The Hall–Kier alpha value is -1.16. The second-order valence-corrected chi connectivity index (χ2v) is 4.31. The Bertz CT molecular complexity index is 366. The van der Waals surface area contributed by atoms with Crippen LogP contribution < -0.4 is 5.73 Å². The molecule has 1 fully saturated rings. The number of rotatable bonds is 4. The zero-order valence-electron chi connectivity index (χ0n) is 9.07. The maximum Gasteiger partial charge on any atom is 0.157 e. The molecule has 0 aliphatic heterocycles. The van der Waals surface area contributed by atoms with Gasteiger partial charge < -0.3 is 5.73 Å². The molecule has 2 N–H and O–H groups in total. The Morgan fingerprint density at radius 1 is 1.67 bits per heavy atom. The van der Waals surface area contributed by atoms with Gasteiger partial charge in [0.05, 0.1) is 11.7 Å². The first kappa shape index (κ1) is 10.4. The summed E-state index contributed by atoms with van der Waals surface area (Å²) in [4.78, 5) is 11.9. The van der Waals surface area contributed by atoms with E-state index >= 15 is 0 Å². The molecule has 0 unspecified atom stereocenters. The second-order valence-electron chi connectivity index (χ2n) is 4.31. The van der Waals surface area contributed by atoms with Gasteiger partial charge >= 0.3 is 0 Å². The molecule has 4 nitrogen and oxygen atoms in total. The third-order valence-electron chi connectivity index (χ3n) is 3.18. The van der Waals surface area contributed by atoms with Crippen molar-refractivity contribution in [3.63, 3.8) is 0 Å². The van der Waals surface area contributed by atoms with E-state index in [4.69, 9.17) is 5.73 Å². The van der Waals surface area contributed by atoms with Crippen LogP contribution in [0.1, 0.15) is 31.7 Å². The molecule has 1 heterocycles. The van der Waals surface area contributed by atoms with Crippen molar-refractivity contribution in [3.05, 3.63) is 18.0 Å². The van der Waals surface area contributed by atoms with Gasteiger partial charge in [0.2, 0.25) is 0 Å². The van der Waals surface area contributed by atoms with E-state index in [2.05, 4.69) is 5.10 Å². The summed E-state index contributed by atoms with van der Waals surface area (Å²) in [5.74, 6) is 0.157. The quantitative estimate of drug-likeness (QED) is 0.797. The number of ketones is 1. The minimum atomic E-state index is -0.533. The fourth-order valence-electron chi connectivity index (χ4n) is 1.87. The molecule has 1 saturated carbocycles. The third kappa shape index (κ3) is 1.95. The number of nitrogens with zero attached hydrogens (tertiary/aromatic N) is 2. The van der Waals surface area contributed by atoms with Gasteiger partial charge in [-0.2, -0.15) is 5.10 Å². The van der Waals surface area contributed by atoms with Crippen molar-refractivity contribution in [2.24, 2.45) is 5.73 Å². The van der Waals surface area contributed by atoms with Crippen molar-refractivity contribution in [2.75, 3.05) is 0 Å². The molecule has 15 heavy (non-hydrogen) atoms. The van der Waals surface area contributed by atoms with Crippen LogP contribution in [-0.4, -0.2) is 21.1 Å². The van der Waals surface area contributed by atoms with Crippen molar-refractivity contribution in [2.45, 2.75) is 44.7 Å². The second kappa shape index (κ2) is 3.77. The lowest BCUT2D eigenvalue weighted by Gasteiger charge is -2.36. The summed E-state index contributed by atoms with van der Waals surface area (Å²) in [5, 5.41) is 4.14. The zero-order valence-corrected chi connectivity index (χ0v) is 9.07. The summed E-state index contributed by atoms with van der Waals surface area (Å²) >= 11 is 0. The van der Waals surface area contributed by atoms with Gasteiger partial charge in [0.25, 0.3) is 0 Å². The van der Waals surface area contributed by atoms with Gasteiger partial charge in [0, 0.05) is 19.2 Å². The topological polar surface area (TPSA) is 60.9 Å². The number of Topliss-reactive ketones (excluding diaryl/α,β-unsaturated/α-hetero) is 1. The van der Waals surface area contributed by atoms with E-state index in [9.17, 15) is 4.79 Å². The van der Waals surface area contributed by atoms with Gasteiger partial charge in [-0.05, 0) is 31.7 Å². The predicted molar refractivity (Wildman–Crippen MR) is 57.4 cm³/mol. The minimum absolute atomic E-state index is 0.157. The van der Waals surface area contributed by atoms with Crippen LogP contribution in [0.15, 0.2) is 12.4 Å². The van der Waals surface area contributed by atoms with Gasteiger partial charge in [-0.25, -0.2) is 0 Å². The van der Waals surface area contributed by atoms with Crippen molar-refractivity contribution in [1.82, 2.24) is 9.78 Å². The lowest BCUT2D eigenvalue weighted by atomic mass is 9.73. The van der Waals surface area contributed by atoms with Gasteiger partial charge in [-0.3, -0.25) is 9.48 Å². The molecule has 1 aromatic rings. The summed E-state index contributed by atoms with van der Waals surface area (Å²) in [6.07, 6.45) is 6.86. The number of carbonyl (C=O) groups excluding carboxylic acids is 1. The van der Waals surface area contributed by atoms with Gasteiger partial charge in [0.15, 0.2) is 5.78 Å². The summed E-state index contributed by atoms with van der Waals surface area (Å²) in [6.45, 7) is 2.86. The highest BCUT2D eigenvalue weighted by atomic mass is 16.1.